The van der Waals surface area contributed by atoms with Crippen molar-refractivity contribution < 1.29 is 34.1 Å². The van der Waals surface area contributed by atoms with Gasteiger partial charge in [-0.05, 0) is 31.7 Å². The van der Waals surface area contributed by atoms with Crippen LogP contribution in [-0.2, 0) is 9.59 Å². The van der Waals surface area contributed by atoms with Crippen LogP contribution in [0.4, 0.5) is 0 Å². The van der Waals surface area contributed by atoms with Gasteiger partial charge in [0.25, 0.3) is 5.91 Å². The second-order valence-electron chi connectivity index (χ2n) is 8.59. The number of methoxy groups -OCH3 is 2. The van der Waals surface area contributed by atoms with Crippen LogP contribution >= 0.6 is 11.6 Å². The monoisotopic (exact) mass is 495 g/mol. The third-order valence-electron chi connectivity index (χ3n) is 6.47. The summed E-state index contributed by atoms with van der Waals surface area (Å²) in [4.78, 5) is 40.2. The number of hydrogen-bond acceptors (Lipinski definition) is 7. The maximum absolute atomic E-state index is 12.6. The van der Waals surface area contributed by atoms with Crippen LogP contribution in [0.5, 0.6) is 11.5 Å². The van der Waals surface area contributed by atoms with Gasteiger partial charge in [-0.15, -0.1) is 0 Å². The quantitative estimate of drug-likeness (QED) is 0.413. The van der Waals surface area contributed by atoms with Gasteiger partial charge in [0.2, 0.25) is 5.91 Å². The number of nitrogens with zero attached hydrogens (tertiary/aromatic N) is 2. The van der Waals surface area contributed by atoms with E-state index in [0.717, 1.165) is 0 Å². The van der Waals surface area contributed by atoms with Crippen LogP contribution in [0.1, 0.15) is 24.2 Å². The summed E-state index contributed by atoms with van der Waals surface area (Å²) in [5.41, 5.74) is 0.868. The molecule has 2 amide bonds. The highest BCUT2D eigenvalue weighted by molar-refractivity contribution is 6.35. The zero-order chi connectivity index (χ0) is 25.3. The Balaban J connectivity index is 1.63. The molecule has 4 atom stereocenters. The second kappa shape index (κ2) is 10.2. The number of hydrogen-bond donors (Lipinski definition) is 3. The van der Waals surface area contributed by atoms with Crippen molar-refractivity contribution >= 4 is 29.4 Å². The molecule has 1 unspecified atom stereocenters. The van der Waals surface area contributed by atoms with E-state index >= 15 is 0 Å². The van der Waals surface area contributed by atoms with Gasteiger partial charge in [0, 0.05) is 25.6 Å². The molecule has 1 fully saturated rings. The Hall–Kier alpha value is -2.82. The van der Waals surface area contributed by atoms with E-state index in [0.29, 0.717) is 24.4 Å². The van der Waals surface area contributed by atoms with Gasteiger partial charge in [-0.1, -0.05) is 18.5 Å². The molecule has 0 spiro atoms. The van der Waals surface area contributed by atoms with E-state index in [1.54, 1.807) is 26.1 Å². The third kappa shape index (κ3) is 4.45. The maximum Gasteiger partial charge on any atom is 0.352 e. The Morgan fingerprint density at radius 1 is 1.29 bits per heavy atom. The molecule has 34 heavy (non-hydrogen) atoms. The molecule has 1 aromatic rings. The minimum absolute atomic E-state index is 0.00704. The summed E-state index contributed by atoms with van der Waals surface area (Å²) in [6.45, 7) is 4.44. The standard InChI is InChI=1S/C23H30ClN3O7/c1-11-14(19(23(31)32)27-18(11)16(12(2)28)22(27)30)10-26(3)9-8-25-21(29)13-6-7-15(33-4)20(34-5)17(13)24/h6-7,11-12,16,18,28H,8-10H2,1-5H3,(H,25,29)(H,31,32)/t11-,12+,16+,18?/m0/s1. The predicted molar refractivity (Wildman–Crippen MR) is 124 cm³/mol. The maximum atomic E-state index is 12.6. The van der Waals surface area contributed by atoms with Crippen molar-refractivity contribution in [3.8, 4) is 11.5 Å². The number of carbonyl (C=O) groups excluding carboxylic acids is 2. The van der Waals surface area contributed by atoms with E-state index in [-0.39, 0.29) is 52.4 Å². The average Bonchev–Trinajstić information content (AvgIpc) is 3.01. The number of benzene rings is 1. The van der Waals surface area contributed by atoms with Crippen molar-refractivity contribution in [3.63, 3.8) is 0 Å². The van der Waals surface area contributed by atoms with Crippen molar-refractivity contribution in [2.75, 3.05) is 40.9 Å². The molecule has 11 heteroatoms. The first-order valence-corrected chi connectivity index (χ1v) is 11.3. The predicted octanol–water partition coefficient (Wildman–Crippen LogP) is 1.22. The molecule has 2 heterocycles. The highest BCUT2D eigenvalue weighted by Crippen LogP contribution is 2.47. The number of nitrogens with one attached hydrogen (secondary N) is 1. The number of fused-ring (bicyclic) bond motifs is 1. The van der Waals surface area contributed by atoms with Crippen molar-refractivity contribution in [2.45, 2.75) is 26.0 Å². The molecule has 186 valence electrons. The van der Waals surface area contributed by atoms with Gasteiger partial charge >= 0.3 is 5.97 Å². The number of aliphatic hydroxyl groups excluding tert-OH is 1. The number of ether oxygens (including phenoxy) is 2. The number of likely N-dealkylation sites (N-methyl/N-ethyl adjacent to an activating group) is 1. The fourth-order valence-corrected chi connectivity index (χ4v) is 5.06. The number of halogens is 1. The smallest absolute Gasteiger partial charge is 0.352 e. The van der Waals surface area contributed by atoms with Gasteiger partial charge in [-0.3, -0.25) is 9.59 Å². The van der Waals surface area contributed by atoms with Crippen molar-refractivity contribution in [1.82, 2.24) is 15.1 Å². The first kappa shape index (κ1) is 25.8. The van der Waals surface area contributed by atoms with Crippen LogP contribution in [0, 0.1) is 11.8 Å². The van der Waals surface area contributed by atoms with Crippen molar-refractivity contribution in [1.29, 1.82) is 0 Å². The fourth-order valence-electron chi connectivity index (χ4n) is 4.74. The Labute approximate surface area is 203 Å². The highest BCUT2D eigenvalue weighted by Gasteiger charge is 2.59. The molecule has 2 aliphatic heterocycles. The van der Waals surface area contributed by atoms with Crippen molar-refractivity contribution in [2.24, 2.45) is 11.8 Å². The van der Waals surface area contributed by atoms with Crippen LogP contribution in [0.3, 0.4) is 0 Å². The lowest BCUT2D eigenvalue weighted by Crippen LogP contribution is -2.63. The molecule has 1 aromatic carbocycles. The van der Waals surface area contributed by atoms with Crippen LogP contribution in [-0.4, -0.2) is 90.8 Å². The molecule has 1 saturated heterocycles. The summed E-state index contributed by atoms with van der Waals surface area (Å²) < 4.78 is 10.4. The number of carboxylic acid groups (broad SMARTS) is 1. The van der Waals surface area contributed by atoms with Crippen molar-refractivity contribution in [3.05, 3.63) is 34.0 Å². The zero-order valence-corrected chi connectivity index (χ0v) is 20.5. The number of carboxylic acids is 1. The molecule has 0 saturated carbocycles. The topological polar surface area (TPSA) is 129 Å². The van der Waals surface area contributed by atoms with E-state index < -0.39 is 18.0 Å². The molecular formula is C23H30ClN3O7. The number of amides is 2. The highest BCUT2D eigenvalue weighted by atomic mass is 35.5. The molecule has 3 N–H and O–H groups in total. The van der Waals surface area contributed by atoms with Gasteiger partial charge < -0.3 is 34.8 Å². The largest absolute Gasteiger partial charge is 0.493 e. The van der Waals surface area contributed by atoms with Gasteiger partial charge in [-0.25, -0.2) is 4.79 Å². The molecule has 0 bridgehead atoms. The minimum Gasteiger partial charge on any atom is -0.493 e. The lowest BCUT2D eigenvalue weighted by atomic mass is 9.77. The number of rotatable bonds is 10. The van der Waals surface area contributed by atoms with E-state index in [1.165, 1.54) is 19.1 Å². The molecule has 3 rings (SSSR count). The lowest BCUT2D eigenvalue weighted by molar-refractivity contribution is -0.163. The summed E-state index contributed by atoms with van der Waals surface area (Å²) in [5, 5.41) is 22.6. The Kier molecular flexibility index (Phi) is 7.74. The molecule has 0 aromatic heterocycles. The number of aliphatic hydroxyl groups is 1. The Bertz CT molecular complexity index is 1030. The van der Waals surface area contributed by atoms with E-state index in [9.17, 15) is 24.6 Å². The summed E-state index contributed by atoms with van der Waals surface area (Å²) in [7, 11) is 4.71. The van der Waals surface area contributed by atoms with Gasteiger partial charge in [0.15, 0.2) is 11.5 Å². The summed E-state index contributed by atoms with van der Waals surface area (Å²) >= 11 is 6.30. The van der Waals surface area contributed by atoms with Crippen LogP contribution in [0.25, 0.3) is 0 Å². The lowest BCUT2D eigenvalue weighted by Gasteiger charge is -2.46. The fraction of sp³-hybridized carbons (Fsp3) is 0.522. The molecule has 0 radical (unpaired) electrons. The SMILES string of the molecule is COc1ccc(C(=O)NCCN(C)CC2=C(C(=O)O)N3C(=O)[C@H]([C@@H](C)O)C3[C@H]2C)c(Cl)c1OC. The zero-order valence-electron chi connectivity index (χ0n) is 19.8. The van der Waals surface area contributed by atoms with Gasteiger partial charge in [0.05, 0.1) is 42.9 Å². The second-order valence-corrected chi connectivity index (χ2v) is 8.97. The third-order valence-corrected chi connectivity index (χ3v) is 6.84. The number of aliphatic carboxylic acids is 1. The first-order valence-electron chi connectivity index (χ1n) is 10.9. The Morgan fingerprint density at radius 2 is 1.97 bits per heavy atom. The molecular weight excluding hydrogens is 466 g/mol. The molecule has 10 nitrogen and oxygen atoms in total. The van der Waals surface area contributed by atoms with Gasteiger partial charge in [-0.2, -0.15) is 0 Å². The van der Waals surface area contributed by atoms with Crippen LogP contribution in [0.15, 0.2) is 23.4 Å². The van der Waals surface area contributed by atoms with E-state index in [2.05, 4.69) is 5.32 Å². The molecule has 0 aliphatic carbocycles. The van der Waals surface area contributed by atoms with Crippen LogP contribution in [0.2, 0.25) is 5.02 Å². The van der Waals surface area contributed by atoms with Gasteiger partial charge in [0.1, 0.15) is 5.70 Å². The number of carbonyl (C=O) groups is 3. The Morgan fingerprint density at radius 3 is 2.53 bits per heavy atom. The summed E-state index contributed by atoms with van der Waals surface area (Å²) in [6, 6.07) is 2.79. The van der Waals surface area contributed by atoms with Crippen LogP contribution < -0.4 is 14.8 Å². The van der Waals surface area contributed by atoms with E-state index in [4.69, 9.17) is 21.1 Å². The summed E-state index contributed by atoms with van der Waals surface area (Å²) in [5.74, 6) is -2.02. The number of β-lactam (4-membered cyclic amide) rings is 1. The van der Waals surface area contributed by atoms with E-state index in [1.807, 2.05) is 11.8 Å². The normalized spacial score (nSPS) is 22.4. The molecule has 2 aliphatic rings. The minimum atomic E-state index is -1.16. The first-order chi connectivity index (χ1) is 16.0. The average molecular weight is 496 g/mol. The summed E-state index contributed by atoms with van der Waals surface area (Å²) in [6.07, 6.45) is -0.845.